The van der Waals surface area contributed by atoms with E-state index in [1.807, 2.05) is 18.2 Å². The van der Waals surface area contributed by atoms with Crippen molar-refractivity contribution in [2.24, 2.45) is 0 Å². The van der Waals surface area contributed by atoms with Gasteiger partial charge in [-0.25, -0.2) is 4.79 Å². The first kappa shape index (κ1) is 20.4. The maximum Gasteiger partial charge on any atom is 0.328 e. The number of carbonyl (C=O) groups excluding carboxylic acids is 2. The number of amides is 1. The molecule has 0 spiro atoms. The topological polar surface area (TPSA) is 61.9 Å². The molecule has 2 fully saturated rings. The summed E-state index contributed by atoms with van der Waals surface area (Å²) < 4.78 is 4.83. The van der Waals surface area contributed by atoms with Crippen molar-refractivity contribution in [3.63, 3.8) is 0 Å². The summed E-state index contributed by atoms with van der Waals surface area (Å²) in [7, 11) is 1.38. The van der Waals surface area contributed by atoms with E-state index in [1.165, 1.54) is 12.8 Å². The molecule has 1 N–H and O–H groups in total. The lowest BCUT2D eigenvalue weighted by Gasteiger charge is -2.34. The quantitative estimate of drug-likeness (QED) is 0.576. The highest BCUT2D eigenvalue weighted by molar-refractivity contribution is 5.86. The molecule has 6 heteroatoms. The highest BCUT2D eigenvalue weighted by Gasteiger charge is 2.34. The van der Waals surface area contributed by atoms with E-state index in [2.05, 4.69) is 28.9 Å². The lowest BCUT2D eigenvalue weighted by atomic mass is 10.0. The minimum Gasteiger partial charge on any atom is -0.467 e. The molecule has 1 amide bonds. The molecule has 0 bridgehead atoms. The number of rotatable bonds is 7. The first-order valence-electron chi connectivity index (χ1n) is 10.2. The van der Waals surface area contributed by atoms with E-state index in [4.69, 9.17) is 4.74 Å². The van der Waals surface area contributed by atoms with Crippen molar-refractivity contribution in [3.05, 3.63) is 42.5 Å². The van der Waals surface area contributed by atoms with Crippen molar-refractivity contribution in [3.8, 4) is 0 Å². The average molecular weight is 386 g/mol. The number of nitrogens with one attached hydrogen (secondary N) is 1. The molecule has 1 atom stereocenters. The molecule has 1 unspecified atom stereocenters. The van der Waals surface area contributed by atoms with Gasteiger partial charge in [-0.15, -0.1) is 6.58 Å². The molecular weight excluding hydrogens is 354 g/mol. The minimum atomic E-state index is -0.423. The summed E-state index contributed by atoms with van der Waals surface area (Å²) >= 11 is 0. The molecule has 28 heavy (non-hydrogen) atoms. The van der Waals surface area contributed by atoms with Gasteiger partial charge in [0, 0.05) is 37.9 Å². The zero-order valence-corrected chi connectivity index (χ0v) is 16.7. The Hall–Kier alpha value is -2.34. The second-order valence-electron chi connectivity index (χ2n) is 7.57. The maximum absolute atomic E-state index is 12.6. The predicted molar refractivity (Wildman–Crippen MR) is 110 cm³/mol. The molecule has 6 nitrogen and oxygen atoms in total. The van der Waals surface area contributed by atoms with E-state index >= 15 is 0 Å². The summed E-state index contributed by atoms with van der Waals surface area (Å²) in [6.07, 6.45) is 6.01. The molecule has 2 aliphatic rings. The third kappa shape index (κ3) is 4.93. The fraction of sp³-hybridized carbons (Fsp3) is 0.545. The van der Waals surface area contributed by atoms with Gasteiger partial charge in [-0.3, -0.25) is 4.79 Å². The van der Waals surface area contributed by atoms with Crippen molar-refractivity contribution in [1.82, 2.24) is 10.2 Å². The number of carbonyl (C=O) groups is 2. The van der Waals surface area contributed by atoms with E-state index < -0.39 is 6.04 Å². The number of piperidine rings is 1. The van der Waals surface area contributed by atoms with Gasteiger partial charge in [0.2, 0.25) is 5.91 Å². The fourth-order valence-corrected chi connectivity index (χ4v) is 4.14. The van der Waals surface area contributed by atoms with Gasteiger partial charge in [0.1, 0.15) is 6.04 Å². The van der Waals surface area contributed by atoms with Gasteiger partial charge in [-0.05, 0) is 43.4 Å². The molecule has 0 aliphatic carbocycles. The molecule has 1 aromatic rings. The molecule has 0 radical (unpaired) electrons. The maximum atomic E-state index is 12.6. The molecule has 0 aromatic heterocycles. The molecule has 152 valence electrons. The van der Waals surface area contributed by atoms with Gasteiger partial charge < -0.3 is 19.9 Å². The summed E-state index contributed by atoms with van der Waals surface area (Å²) in [6.45, 7) is 7.31. The normalized spacial score (nSPS) is 20.2. The number of hydrogen-bond acceptors (Lipinski definition) is 5. The van der Waals surface area contributed by atoms with Crippen LogP contribution in [-0.4, -0.2) is 62.1 Å². The van der Waals surface area contributed by atoms with Crippen LogP contribution >= 0.6 is 0 Å². The number of likely N-dealkylation sites (tertiary alicyclic amines) is 1. The van der Waals surface area contributed by atoms with Crippen molar-refractivity contribution < 1.29 is 14.3 Å². The molecular formula is C22H31N3O3. The lowest BCUT2D eigenvalue weighted by molar-refractivity contribution is -0.150. The van der Waals surface area contributed by atoms with Crippen LogP contribution in [0.4, 0.5) is 5.69 Å². The lowest BCUT2D eigenvalue weighted by Crippen LogP contribution is -2.42. The second kappa shape index (κ2) is 9.73. The van der Waals surface area contributed by atoms with E-state index in [0.29, 0.717) is 25.4 Å². The first-order valence-corrected chi connectivity index (χ1v) is 10.2. The van der Waals surface area contributed by atoms with Crippen LogP contribution in [0.3, 0.4) is 0 Å². The summed E-state index contributed by atoms with van der Waals surface area (Å²) in [5, 5.41) is 3.50. The van der Waals surface area contributed by atoms with E-state index in [0.717, 1.165) is 44.5 Å². The van der Waals surface area contributed by atoms with Gasteiger partial charge in [-0.2, -0.15) is 0 Å². The third-order valence-corrected chi connectivity index (χ3v) is 5.75. The average Bonchev–Trinajstić information content (AvgIpc) is 3.23. The van der Waals surface area contributed by atoms with Crippen molar-refractivity contribution in [2.75, 3.05) is 38.2 Å². The van der Waals surface area contributed by atoms with Gasteiger partial charge in [0.25, 0.3) is 0 Å². The van der Waals surface area contributed by atoms with Crippen molar-refractivity contribution in [1.29, 1.82) is 0 Å². The zero-order valence-electron chi connectivity index (χ0n) is 16.7. The van der Waals surface area contributed by atoms with E-state index in [-0.39, 0.29) is 11.9 Å². The molecule has 3 rings (SSSR count). The van der Waals surface area contributed by atoms with Crippen molar-refractivity contribution in [2.45, 2.75) is 44.2 Å². The van der Waals surface area contributed by atoms with Crippen LogP contribution in [0.15, 0.2) is 36.9 Å². The molecule has 2 saturated heterocycles. The Labute approximate surface area is 167 Å². The summed E-state index contributed by atoms with van der Waals surface area (Å²) in [4.78, 5) is 28.6. The summed E-state index contributed by atoms with van der Waals surface area (Å²) in [6, 6.07) is 8.39. The van der Waals surface area contributed by atoms with Crippen LogP contribution in [0.1, 0.15) is 31.2 Å². The van der Waals surface area contributed by atoms with Crippen LogP contribution in [0.2, 0.25) is 0 Å². The summed E-state index contributed by atoms with van der Waals surface area (Å²) in [5.41, 5.74) is 2.18. The van der Waals surface area contributed by atoms with Gasteiger partial charge >= 0.3 is 5.97 Å². The number of nitrogens with zero attached hydrogens (tertiary/aromatic N) is 2. The Kier molecular flexibility index (Phi) is 7.09. The number of benzene rings is 1. The SMILES string of the molecule is C=CCNC1CCN(c2ccc(CC(=O)N3CCCC3C(=O)OC)cc2)CC1. The smallest absolute Gasteiger partial charge is 0.328 e. The minimum absolute atomic E-state index is 0.00485. The second-order valence-corrected chi connectivity index (χ2v) is 7.57. The largest absolute Gasteiger partial charge is 0.467 e. The summed E-state index contributed by atoms with van der Waals surface area (Å²) in [5.74, 6) is -0.318. The highest BCUT2D eigenvalue weighted by Crippen LogP contribution is 2.23. The Morgan fingerprint density at radius 3 is 2.54 bits per heavy atom. The van der Waals surface area contributed by atoms with Crippen LogP contribution in [0.25, 0.3) is 0 Å². The Bertz CT molecular complexity index is 681. The van der Waals surface area contributed by atoms with E-state index in [9.17, 15) is 9.59 Å². The standard InChI is InChI=1S/C22H31N3O3/c1-3-12-23-18-10-14-24(15-11-18)19-8-6-17(7-9-19)16-21(26)25-13-4-5-20(25)22(27)28-2/h3,6-9,18,20,23H,1,4-5,10-16H2,2H3. The van der Waals surface area contributed by atoms with Crippen molar-refractivity contribution >= 4 is 17.6 Å². The van der Waals surface area contributed by atoms with Crippen LogP contribution < -0.4 is 10.2 Å². The number of methoxy groups -OCH3 is 1. The number of anilines is 1. The fourth-order valence-electron chi connectivity index (χ4n) is 4.14. The van der Waals surface area contributed by atoms with Crippen LogP contribution in [0.5, 0.6) is 0 Å². The Morgan fingerprint density at radius 2 is 1.89 bits per heavy atom. The Balaban J connectivity index is 1.53. The third-order valence-electron chi connectivity index (χ3n) is 5.75. The molecule has 0 saturated carbocycles. The monoisotopic (exact) mass is 385 g/mol. The first-order chi connectivity index (χ1) is 13.6. The van der Waals surface area contributed by atoms with Crippen LogP contribution in [-0.2, 0) is 20.7 Å². The predicted octanol–water partition coefficient (Wildman–Crippen LogP) is 2.14. The van der Waals surface area contributed by atoms with Crippen LogP contribution in [0, 0.1) is 0 Å². The van der Waals surface area contributed by atoms with Gasteiger partial charge in [0.05, 0.1) is 13.5 Å². The number of ether oxygens (including phenoxy) is 1. The zero-order chi connectivity index (χ0) is 19.9. The Morgan fingerprint density at radius 1 is 1.18 bits per heavy atom. The molecule has 2 heterocycles. The molecule has 2 aliphatic heterocycles. The highest BCUT2D eigenvalue weighted by atomic mass is 16.5. The van der Waals surface area contributed by atoms with E-state index in [1.54, 1.807) is 4.90 Å². The van der Waals surface area contributed by atoms with Gasteiger partial charge in [-0.1, -0.05) is 18.2 Å². The number of esters is 1. The number of hydrogen-bond donors (Lipinski definition) is 1. The molecule has 1 aromatic carbocycles. The van der Waals surface area contributed by atoms with Gasteiger partial charge in [0.15, 0.2) is 0 Å².